The van der Waals surface area contributed by atoms with Crippen molar-refractivity contribution >= 4 is 5.91 Å². The molecule has 1 aromatic rings. The zero-order valence-electron chi connectivity index (χ0n) is 11.8. The fourth-order valence-corrected chi connectivity index (χ4v) is 2.70. The standard InChI is InChI=1S/C16H23NO2/c1-3-14-9-7-8-12-17(14)16(18)13(2)19-15-10-5-4-6-11-15/h4-6,10-11,13-14H,3,7-9,12H2,1-2H3/t13-,14-/m0/s1. The summed E-state index contributed by atoms with van der Waals surface area (Å²) in [4.78, 5) is 14.5. The molecule has 19 heavy (non-hydrogen) atoms. The molecule has 1 aliphatic rings. The van der Waals surface area contributed by atoms with Gasteiger partial charge in [-0.05, 0) is 44.7 Å². The summed E-state index contributed by atoms with van der Waals surface area (Å²) in [6.45, 7) is 4.87. The summed E-state index contributed by atoms with van der Waals surface area (Å²) in [5.41, 5.74) is 0. The predicted octanol–water partition coefficient (Wildman–Crippen LogP) is 3.25. The molecule has 0 saturated carbocycles. The molecule has 1 saturated heterocycles. The molecule has 0 aliphatic carbocycles. The summed E-state index contributed by atoms with van der Waals surface area (Å²) < 4.78 is 5.73. The van der Waals surface area contributed by atoms with Gasteiger partial charge in [0, 0.05) is 12.6 Å². The summed E-state index contributed by atoms with van der Waals surface area (Å²) >= 11 is 0. The molecule has 0 unspecified atom stereocenters. The maximum absolute atomic E-state index is 12.5. The molecule has 2 rings (SSSR count). The molecule has 0 radical (unpaired) electrons. The minimum Gasteiger partial charge on any atom is -0.481 e. The van der Waals surface area contributed by atoms with Crippen molar-refractivity contribution in [2.45, 2.75) is 51.7 Å². The Bertz CT molecular complexity index is 404. The number of hydrogen-bond acceptors (Lipinski definition) is 2. The lowest BCUT2D eigenvalue weighted by atomic mass is 9.99. The first-order valence-electron chi connectivity index (χ1n) is 7.24. The van der Waals surface area contributed by atoms with E-state index in [0.29, 0.717) is 6.04 Å². The quantitative estimate of drug-likeness (QED) is 0.832. The number of hydrogen-bond donors (Lipinski definition) is 0. The van der Waals surface area contributed by atoms with E-state index >= 15 is 0 Å². The third kappa shape index (κ3) is 3.49. The predicted molar refractivity (Wildman–Crippen MR) is 76.2 cm³/mol. The van der Waals surface area contributed by atoms with Gasteiger partial charge in [-0.1, -0.05) is 25.1 Å². The second-order valence-corrected chi connectivity index (χ2v) is 5.16. The summed E-state index contributed by atoms with van der Waals surface area (Å²) in [6.07, 6.45) is 4.09. The van der Waals surface area contributed by atoms with Crippen LogP contribution >= 0.6 is 0 Å². The number of para-hydroxylation sites is 1. The van der Waals surface area contributed by atoms with E-state index in [1.165, 1.54) is 6.42 Å². The normalized spacial score (nSPS) is 20.9. The number of amides is 1. The first kappa shape index (κ1) is 13.9. The number of rotatable bonds is 4. The second-order valence-electron chi connectivity index (χ2n) is 5.16. The van der Waals surface area contributed by atoms with Crippen LogP contribution in [0, 0.1) is 0 Å². The average molecular weight is 261 g/mol. The van der Waals surface area contributed by atoms with Crippen LogP contribution in [0.5, 0.6) is 5.75 Å². The molecule has 1 fully saturated rings. The Morgan fingerprint density at radius 2 is 2.11 bits per heavy atom. The average Bonchev–Trinajstić information content (AvgIpc) is 2.47. The molecule has 1 aliphatic heterocycles. The Morgan fingerprint density at radius 1 is 1.37 bits per heavy atom. The molecule has 3 nitrogen and oxygen atoms in total. The van der Waals surface area contributed by atoms with Gasteiger partial charge in [0.2, 0.25) is 0 Å². The van der Waals surface area contributed by atoms with Crippen molar-refractivity contribution in [2.24, 2.45) is 0 Å². The molecule has 0 bridgehead atoms. The van der Waals surface area contributed by atoms with Crippen molar-refractivity contribution in [2.75, 3.05) is 6.54 Å². The molecule has 0 aromatic heterocycles. The summed E-state index contributed by atoms with van der Waals surface area (Å²) in [5.74, 6) is 0.879. The van der Waals surface area contributed by atoms with E-state index < -0.39 is 6.10 Å². The Balaban J connectivity index is 1.98. The number of nitrogens with zero attached hydrogens (tertiary/aromatic N) is 1. The first-order valence-corrected chi connectivity index (χ1v) is 7.24. The summed E-state index contributed by atoms with van der Waals surface area (Å²) in [5, 5.41) is 0. The van der Waals surface area contributed by atoms with Crippen LogP contribution in [0.1, 0.15) is 39.5 Å². The molecule has 0 spiro atoms. The smallest absolute Gasteiger partial charge is 0.263 e. The van der Waals surface area contributed by atoms with Crippen LogP contribution in [0.15, 0.2) is 30.3 Å². The van der Waals surface area contributed by atoms with E-state index in [0.717, 1.165) is 31.6 Å². The zero-order chi connectivity index (χ0) is 13.7. The lowest BCUT2D eigenvalue weighted by Gasteiger charge is -2.36. The molecule has 1 amide bonds. The zero-order valence-corrected chi connectivity index (χ0v) is 11.8. The highest BCUT2D eigenvalue weighted by Gasteiger charge is 2.29. The highest BCUT2D eigenvalue weighted by Crippen LogP contribution is 2.21. The van der Waals surface area contributed by atoms with Crippen LogP contribution in [-0.4, -0.2) is 29.5 Å². The maximum Gasteiger partial charge on any atom is 0.263 e. The van der Waals surface area contributed by atoms with Gasteiger partial charge in [-0.15, -0.1) is 0 Å². The number of piperidine rings is 1. The van der Waals surface area contributed by atoms with Crippen LogP contribution in [0.3, 0.4) is 0 Å². The molecular weight excluding hydrogens is 238 g/mol. The van der Waals surface area contributed by atoms with Gasteiger partial charge >= 0.3 is 0 Å². The third-order valence-corrected chi connectivity index (χ3v) is 3.79. The van der Waals surface area contributed by atoms with E-state index in [2.05, 4.69) is 6.92 Å². The van der Waals surface area contributed by atoms with Crippen LogP contribution in [0.4, 0.5) is 0 Å². The summed E-state index contributed by atoms with van der Waals surface area (Å²) in [6, 6.07) is 9.94. The molecule has 0 N–H and O–H groups in total. The van der Waals surface area contributed by atoms with Crippen molar-refractivity contribution in [1.82, 2.24) is 4.90 Å². The van der Waals surface area contributed by atoms with Crippen molar-refractivity contribution < 1.29 is 9.53 Å². The van der Waals surface area contributed by atoms with Gasteiger partial charge in [0.25, 0.3) is 5.91 Å². The minimum absolute atomic E-state index is 0.121. The number of likely N-dealkylation sites (tertiary alicyclic amines) is 1. The lowest BCUT2D eigenvalue weighted by molar-refractivity contribution is -0.141. The van der Waals surface area contributed by atoms with Gasteiger partial charge in [-0.25, -0.2) is 0 Å². The van der Waals surface area contributed by atoms with E-state index in [1.54, 1.807) is 0 Å². The van der Waals surface area contributed by atoms with Crippen LogP contribution in [0.25, 0.3) is 0 Å². The topological polar surface area (TPSA) is 29.5 Å². The Kier molecular flexibility index (Phi) is 4.83. The van der Waals surface area contributed by atoms with E-state index in [9.17, 15) is 4.79 Å². The molecule has 104 valence electrons. The van der Waals surface area contributed by atoms with E-state index in [4.69, 9.17) is 4.74 Å². The van der Waals surface area contributed by atoms with Gasteiger partial charge in [0.05, 0.1) is 0 Å². The third-order valence-electron chi connectivity index (χ3n) is 3.79. The van der Waals surface area contributed by atoms with Crippen molar-refractivity contribution in [1.29, 1.82) is 0 Å². The van der Waals surface area contributed by atoms with Gasteiger partial charge in [-0.2, -0.15) is 0 Å². The highest BCUT2D eigenvalue weighted by atomic mass is 16.5. The first-order chi connectivity index (χ1) is 9.22. The monoisotopic (exact) mass is 261 g/mol. The van der Waals surface area contributed by atoms with Crippen molar-refractivity contribution in [3.63, 3.8) is 0 Å². The second kappa shape index (κ2) is 6.60. The largest absolute Gasteiger partial charge is 0.481 e. The lowest BCUT2D eigenvalue weighted by Crippen LogP contribution is -2.48. The van der Waals surface area contributed by atoms with Crippen LogP contribution < -0.4 is 4.74 Å². The number of ether oxygens (including phenoxy) is 1. The maximum atomic E-state index is 12.5. The Hall–Kier alpha value is -1.51. The van der Waals surface area contributed by atoms with Crippen LogP contribution in [0.2, 0.25) is 0 Å². The van der Waals surface area contributed by atoms with E-state index in [-0.39, 0.29) is 5.91 Å². The fraction of sp³-hybridized carbons (Fsp3) is 0.562. The Labute approximate surface area is 115 Å². The number of benzene rings is 1. The van der Waals surface area contributed by atoms with Gasteiger partial charge in [-0.3, -0.25) is 4.79 Å². The molecule has 1 aromatic carbocycles. The molecule has 1 heterocycles. The minimum atomic E-state index is -0.408. The SMILES string of the molecule is CC[C@H]1CCCCN1C(=O)[C@H](C)Oc1ccccc1. The van der Waals surface area contributed by atoms with E-state index in [1.807, 2.05) is 42.2 Å². The summed E-state index contributed by atoms with van der Waals surface area (Å²) in [7, 11) is 0. The Morgan fingerprint density at radius 3 is 2.79 bits per heavy atom. The highest BCUT2D eigenvalue weighted by molar-refractivity contribution is 5.81. The van der Waals surface area contributed by atoms with Gasteiger partial charge in [0.15, 0.2) is 6.10 Å². The fourth-order valence-electron chi connectivity index (χ4n) is 2.70. The number of carbonyl (C=O) groups excluding carboxylic acids is 1. The van der Waals surface area contributed by atoms with Gasteiger partial charge in [0.1, 0.15) is 5.75 Å². The molecular formula is C16H23NO2. The number of carbonyl (C=O) groups is 1. The molecule has 2 atom stereocenters. The van der Waals surface area contributed by atoms with Crippen molar-refractivity contribution in [3.8, 4) is 5.75 Å². The van der Waals surface area contributed by atoms with Crippen LogP contribution in [-0.2, 0) is 4.79 Å². The van der Waals surface area contributed by atoms with Gasteiger partial charge < -0.3 is 9.64 Å². The molecule has 3 heteroatoms. The van der Waals surface area contributed by atoms with Crippen molar-refractivity contribution in [3.05, 3.63) is 30.3 Å².